The number of aliphatic hydroxyl groups is 4. The van der Waals surface area contributed by atoms with Crippen LogP contribution in [0.1, 0.15) is 25.3 Å². The van der Waals surface area contributed by atoms with Crippen LogP contribution in [0.3, 0.4) is 0 Å². The molecule has 284 valence electrons. The molecule has 2 aliphatic heterocycles. The number of thioether (sulfide) groups is 2. The highest BCUT2D eigenvalue weighted by Crippen LogP contribution is 2.35. The monoisotopic (exact) mass is 768 g/mol. The summed E-state index contributed by atoms with van der Waals surface area (Å²) in [5.41, 5.74) is 24.0. The molecule has 0 unspecified atom stereocenters. The Morgan fingerprint density at radius 3 is 1.42 bits per heavy atom. The van der Waals surface area contributed by atoms with Crippen molar-refractivity contribution in [2.75, 3.05) is 34.5 Å². The van der Waals surface area contributed by atoms with Gasteiger partial charge in [-0.2, -0.15) is 23.5 Å². The van der Waals surface area contributed by atoms with Crippen molar-refractivity contribution in [1.29, 1.82) is 0 Å². The lowest BCUT2D eigenvalue weighted by atomic mass is 10.1. The number of aliphatic carboxylic acids is 2. The Morgan fingerprint density at radius 1 is 0.673 bits per heavy atom. The van der Waals surface area contributed by atoms with E-state index < -0.39 is 73.1 Å². The van der Waals surface area contributed by atoms with Crippen LogP contribution in [0.5, 0.6) is 0 Å². The number of nitrogens with zero attached hydrogens (tertiary/aromatic N) is 8. The van der Waals surface area contributed by atoms with Crippen molar-refractivity contribution in [3.63, 3.8) is 0 Å². The Bertz CT molecular complexity index is 1710. The SMILES string of the molecule is Nc1ncnc2c1ncn2[C@@H]1O[C@H](CSCC[C@H](N)C(=O)O)[C@@H](O)[C@H]1O.Nc1ncnc2c1ncn2[C@@H]1O[C@H](CSCC[C@H](N)C(=O)O)[C@@H](O)[C@H]1O. The van der Waals surface area contributed by atoms with Crippen molar-refractivity contribution in [1.82, 2.24) is 39.0 Å². The lowest BCUT2D eigenvalue weighted by Gasteiger charge is -2.16. The minimum atomic E-state index is -1.17. The van der Waals surface area contributed by atoms with Crippen LogP contribution in [0.25, 0.3) is 22.3 Å². The topological polar surface area (TPSA) is 365 Å². The fourth-order valence-corrected chi connectivity index (χ4v) is 7.56. The molecular formula is C28H40N12O10S2. The summed E-state index contributed by atoms with van der Waals surface area (Å²) in [6.07, 6.45) is -1.49. The molecule has 6 heterocycles. The second kappa shape index (κ2) is 17.2. The van der Waals surface area contributed by atoms with Crippen LogP contribution in [0.15, 0.2) is 25.3 Å². The Morgan fingerprint density at radius 2 is 1.06 bits per heavy atom. The summed E-state index contributed by atoms with van der Waals surface area (Å²) in [4.78, 5) is 45.5. The third-order valence-corrected chi connectivity index (χ3v) is 10.5. The summed E-state index contributed by atoms with van der Waals surface area (Å²) < 4.78 is 14.6. The van der Waals surface area contributed by atoms with E-state index in [2.05, 4.69) is 29.9 Å². The second-order valence-electron chi connectivity index (χ2n) is 11.9. The minimum absolute atomic E-state index is 0.212. The number of carboxylic acid groups (broad SMARTS) is 2. The number of nitrogen functional groups attached to an aromatic ring is 2. The van der Waals surface area contributed by atoms with Crippen LogP contribution in [-0.4, -0.2) is 153 Å². The van der Waals surface area contributed by atoms with Gasteiger partial charge in [-0.05, 0) is 24.3 Å². The molecule has 0 radical (unpaired) electrons. The molecule has 4 aromatic heterocycles. The first-order chi connectivity index (χ1) is 24.8. The van der Waals surface area contributed by atoms with Crippen LogP contribution in [0.2, 0.25) is 0 Å². The molecule has 24 heteroatoms. The zero-order chi connectivity index (χ0) is 37.7. The van der Waals surface area contributed by atoms with Crippen LogP contribution >= 0.6 is 23.5 Å². The molecule has 2 saturated heterocycles. The molecule has 4 aromatic rings. The van der Waals surface area contributed by atoms with E-state index in [0.29, 0.717) is 58.2 Å². The lowest BCUT2D eigenvalue weighted by molar-refractivity contribution is -0.139. The van der Waals surface area contributed by atoms with E-state index in [-0.39, 0.29) is 11.6 Å². The standard InChI is InChI=1S/2C14H20N6O5S/c2*15-6(14(23)24)1-2-26-3-7-9(21)10(22)13(25-7)20-5-19-8-11(16)17-4-18-12(8)20/h2*4-7,9-10,13,21-22H,1-3,15H2,(H,23,24)(H2,16,17,18)/t2*6-,7+,9+,10+,13+/m00/s1. The molecule has 2 aliphatic rings. The van der Waals surface area contributed by atoms with E-state index in [1.165, 1.54) is 58.0 Å². The number of imidazole rings is 2. The van der Waals surface area contributed by atoms with Gasteiger partial charge in [-0.15, -0.1) is 0 Å². The van der Waals surface area contributed by atoms with Crippen molar-refractivity contribution in [3.8, 4) is 0 Å². The minimum Gasteiger partial charge on any atom is -0.480 e. The summed E-state index contributed by atoms with van der Waals surface area (Å²) in [6, 6.07) is -1.84. The summed E-state index contributed by atoms with van der Waals surface area (Å²) in [5.74, 6) is 0.0811. The average molecular weight is 769 g/mol. The van der Waals surface area contributed by atoms with Crippen LogP contribution in [0, 0.1) is 0 Å². The highest BCUT2D eigenvalue weighted by molar-refractivity contribution is 7.99. The molecule has 2 fully saturated rings. The van der Waals surface area contributed by atoms with Crippen molar-refractivity contribution in [2.45, 2.75) is 74.0 Å². The first kappa shape index (κ1) is 39.2. The maximum atomic E-state index is 10.7. The van der Waals surface area contributed by atoms with E-state index >= 15 is 0 Å². The quantitative estimate of drug-likeness (QED) is 0.0576. The first-order valence-corrected chi connectivity index (χ1v) is 18.1. The smallest absolute Gasteiger partial charge is 0.320 e. The maximum Gasteiger partial charge on any atom is 0.320 e. The molecule has 0 bridgehead atoms. The van der Waals surface area contributed by atoms with E-state index in [0.717, 1.165) is 0 Å². The normalized spacial score (nSPS) is 27.0. The number of rotatable bonds is 14. The zero-order valence-electron chi connectivity index (χ0n) is 27.3. The van der Waals surface area contributed by atoms with Gasteiger partial charge in [0.15, 0.2) is 35.4 Å². The Balaban J connectivity index is 0.000000201. The van der Waals surface area contributed by atoms with Crippen LogP contribution < -0.4 is 22.9 Å². The number of anilines is 2. The highest BCUT2D eigenvalue weighted by atomic mass is 32.2. The molecule has 0 aliphatic carbocycles. The number of aliphatic hydroxyl groups excluding tert-OH is 4. The van der Waals surface area contributed by atoms with Gasteiger partial charge in [-0.3, -0.25) is 18.7 Å². The second-order valence-corrected chi connectivity index (χ2v) is 14.2. The van der Waals surface area contributed by atoms with Gasteiger partial charge in [0, 0.05) is 11.5 Å². The van der Waals surface area contributed by atoms with Crippen molar-refractivity contribution >= 4 is 69.4 Å². The first-order valence-electron chi connectivity index (χ1n) is 15.8. The number of aromatic nitrogens is 8. The van der Waals surface area contributed by atoms with Crippen molar-refractivity contribution in [2.24, 2.45) is 11.5 Å². The van der Waals surface area contributed by atoms with Gasteiger partial charge >= 0.3 is 11.9 Å². The van der Waals surface area contributed by atoms with Gasteiger partial charge in [0.05, 0.1) is 24.9 Å². The molecular weight excluding hydrogens is 729 g/mol. The summed E-state index contributed by atoms with van der Waals surface area (Å²) in [5, 5.41) is 58.7. The number of hydrogen-bond donors (Lipinski definition) is 10. The van der Waals surface area contributed by atoms with E-state index in [4.69, 9.17) is 42.6 Å². The molecule has 52 heavy (non-hydrogen) atoms. The maximum absolute atomic E-state index is 10.7. The van der Waals surface area contributed by atoms with Gasteiger partial charge < -0.3 is 63.0 Å². The van der Waals surface area contributed by atoms with Crippen molar-refractivity contribution in [3.05, 3.63) is 25.3 Å². The number of hydrogen-bond acceptors (Lipinski definition) is 20. The molecule has 10 atom stereocenters. The average Bonchev–Trinajstić information content (AvgIpc) is 3.88. The van der Waals surface area contributed by atoms with E-state index in [1.54, 1.807) is 0 Å². The van der Waals surface area contributed by atoms with Gasteiger partial charge in [-0.25, -0.2) is 29.9 Å². The highest BCUT2D eigenvalue weighted by Gasteiger charge is 2.45. The molecule has 6 rings (SSSR count). The molecule has 14 N–H and O–H groups in total. The number of fused-ring (bicyclic) bond motifs is 2. The Hall–Kier alpha value is -3.98. The number of ether oxygens (including phenoxy) is 2. The van der Waals surface area contributed by atoms with Crippen LogP contribution in [-0.2, 0) is 19.1 Å². The van der Waals surface area contributed by atoms with Gasteiger partial charge in [0.25, 0.3) is 0 Å². The largest absolute Gasteiger partial charge is 0.480 e. The van der Waals surface area contributed by atoms with E-state index in [9.17, 15) is 30.0 Å². The Labute approximate surface area is 302 Å². The number of nitrogens with two attached hydrogens (primary N) is 4. The third kappa shape index (κ3) is 8.62. The van der Waals surface area contributed by atoms with Crippen LogP contribution in [0.4, 0.5) is 11.6 Å². The summed E-state index contributed by atoms with van der Waals surface area (Å²) in [7, 11) is 0. The van der Waals surface area contributed by atoms with Crippen molar-refractivity contribution < 1.29 is 49.7 Å². The zero-order valence-corrected chi connectivity index (χ0v) is 29.0. The Kier molecular flexibility index (Phi) is 13.0. The fraction of sp³-hybridized carbons (Fsp3) is 0.571. The number of carboxylic acids is 2. The predicted molar refractivity (Wildman–Crippen MR) is 186 cm³/mol. The number of carbonyl (C=O) groups is 2. The fourth-order valence-electron chi connectivity index (χ4n) is 5.37. The van der Waals surface area contributed by atoms with Gasteiger partial charge in [0.1, 0.15) is 60.2 Å². The van der Waals surface area contributed by atoms with E-state index in [1.807, 2.05) is 0 Å². The summed E-state index contributed by atoms with van der Waals surface area (Å²) in [6.45, 7) is 0. The van der Waals surface area contributed by atoms with Gasteiger partial charge in [-0.1, -0.05) is 0 Å². The lowest BCUT2D eigenvalue weighted by Crippen LogP contribution is -2.33. The molecule has 0 spiro atoms. The molecule has 0 amide bonds. The predicted octanol–water partition coefficient (Wildman–Crippen LogP) is -2.87. The van der Waals surface area contributed by atoms with Gasteiger partial charge in [0.2, 0.25) is 0 Å². The molecule has 0 saturated carbocycles. The summed E-state index contributed by atoms with van der Waals surface area (Å²) >= 11 is 2.79. The molecule has 0 aromatic carbocycles. The molecule has 22 nitrogen and oxygen atoms in total. The third-order valence-electron chi connectivity index (χ3n) is 8.34.